The molecular formula is C24H29NO5S. The van der Waals surface area contributed by atoms with Crippen LogP contribution in [0.25, 0.3) is 10.9 Å². The molecule has 0 bridgehead atoms. The maximum absolute atomic E-state index is 12.6. The van der Waals surface area contributed by atoms with Crippen molar-refractivity contribution < 1.29 is 22.4 Å². The first kappa shape index (κ1) is 22.0. The van der Waals surface area contributed by atoms with Gasteiger partial charge in [0.05, 0.1) is 23.8 Å². The number of nitrogens with one attached hydrogen (secondary N) is 1. The summed E-state index contributed by atoms with van der Waals surface area (Å²) in [6.45, 7) is 5.98. The summed E-state index contributed by atoms with van der Waals surface area (Å²) in [7, 11) is -3.98. The lowest BCUT2D eigenvalue weighted by Crippen LogP contribution is -2.48. The first-order chi connectivity index (χ1) is 14.8. The van der Waals surface area contributed by atoms with Crippen LogP contribution in [-0.2, 0) is 37.5 Å². The molecule has 0 amide bonds. The number of aliphatic hydroxyl groups excluding tert-OH is 1. The summed E-state index contributed by atoms with van der Waals surface area (Å²) in [4.78, 5) is 3.57. The van der Waals surface area contributed by atoms with Gasteiger partial charge < -0.3 is 14.8 Å². The van der Waals surface area contributed by atoms with Gasteiger partial charge in [0.1, 0.15) is 11.7 Å². The van der Waals surface area contributed by atoms with Crippen molar-refractivity contribution in [3.63, 3.8) is 0 Å². The quantitative estimate of drug-likeness (QED) is 0.539. The van der Waals surface area contributed by atoms with Crippen molar-refractivity contribution in [2.75, 3.05) is 13.2 Å². The van der Waals surface area contributed by atoms with E-state index < -0.39 is 21.8 Å². The third kappa shape index (κ3) is 3.80. The van der Waals surface area contributed by atoms with E-state index in [2.05, 4.69) is 24.0 Å². The summed E-state index contributed by atoms with van der Waals surface area (Å²) in [6.07, 6.45) is 0.940. The maximum atomic E-state index is 12.6. The van der Waals surface area contributed by atoms with E-state index in [0.717, 1.165) is 40.6 Å². The molecular weight excluding hydrogens is 414 g/mol. The zero-order valence-electron chi connectivity index (χ0n) is 18.1. The second-order valence-corrected chi connectivity index (χ2v) is 9.70. The SMILES string of the molecule is CCc1cccc2c3c([nH]c12)[C@](CC)([C@H](O)COS(=O)(=O)c1ccc(C)cc1)OCC3. The Bertz CT molecular complexity index is 1180. The van der Waals surface area contributed by atoms with E-state index in [4.69, 9.17) is 8.92 Å². The Labute approximate surface area is 183 Å². The molecule has 7 heteroatoms. The van der Waals surface area contributed by atoms with Gasteiger partial charge in [0.15, 0.2) is 0 Å². The van der Waals surface area contributed by atoms with Gasteiger partial charge >= 0.3 is 0 Å². The molecule has 2 N–H and O–H groups in total. The van der Waals surface area contributed by atoms with E-state index in [1.807, 2.05) is 19.9 Å². The second-order valence-electron chi connectivity index (χ2n) is 8.08. The number of hydrogen-bond donors (Lipinski definition) is 2. The lowest BCUT2D eigenvalue weighted by molar-refractivity contribution is -0.151. The second kappa shape index (κ2) is 8.39. The predicted octanol–water partition coefficient (Wildman–Crippen LogP) is 3.98. The summed E-state index contributed by atoms with van der Waals surface area (Å²) >= 11 is 0. The van der Waals surface area contributed by atoms with Gasteiger partial charge in [0.25, 0.3) is 10.1 Å². The van der Waals surface area contributed by atoms with Crippen molar-refractivity contribution in [2.24, 2.45) is 0 Å². The Morgan fingerprint density at radius 1 is 1.19 bits per heavy atom. The van der Waals surface area contributed by atoms with Gasteiger partial charge in [0, 0.05) is 10.9 Å². The summed E-state index contributed by atoms with van der Waals surface area (Å²) in [6, 6.07) is 12.7. The van der Waals surface area contributed by atoms with Gasteiger partial charge in [-0.25, -0.2) is 0 Å². The molecule has 1 aliphatic rings. The normalized spacial score (nSPS) is 20.0. The molecule has 1 aliphatic heterocycles. The molecule has 0 aliphatic carbocycles. The number of aromatic amines is 1. The molecule has 166 valence electrons. The van der Waals surface area contributed by atoms with Gasteiger partial charge in [-0.15, -0.1) is 0 Å². The number of aromatic nitrogens is 1. The van der Waals surface area contributed by atoms with E-state index in [9.17, 15) is 13.5 Å². The van der Waals surface area contributed by atoms with E-state index in [1.165, 1.54) is 17.7 Å². The number of aliphatic hydroxyl groups is 1. The Morgan fingerprint density at radius 2 is 1.94 bits per heavy atom. The highest BCUT2D eigenvalue weighted by atomic mass is 32.2. The predicted molar refractivity (Wildman–Crippen MR) is 120 cm³/mol. The van der Waals surface area contributed by atoms with E-state index >= 15 is 0 Å². The molecule has 4 rings (SSSR count). The van der Waals surface area contributed by atoms with Crippen LogP contribution in [0.2, 0.25) is 0 Å². The fourth-order valence-corrected chi connectivity index (χ4v) is 5.41. The van der Waals surface area contributed by atoms with Crippen LogP contribution in [0.3, 0.4) is 0 Å². The Morgan fingerprint density at radius 3 is 2.61 bits per heavy atom. The van der Waals surface area contributed by atoms with E-state index in [0.29, 0.717) is 13.0 Å². The van der Waals surface area contributed by atoms with Crippen LogP contribution in [0.1, 0.15) is 42.7 Å². The molecule has 2 heterocycles. The zero-order valence-corrected chi connectivity index (χ0v) is 19.0. The molecule has 31 heavy (non-hydrogen) atoms. The van der Waals surface area contributed by atoms with Crippen molar-refractivity contribution >= 4 is 21.0 Å². The Hall–Kier alpha value is -2.19. The van der Waals surface area contributed by atoms with Crippen molar-refractivity contribution in [3.8, 4) is 0 Å². The Kier molecular flexibility index (Phi) is 5.96. The van der Waals surface area contributed by atoms with Gasteiger partial charge in [-0.1, -0.05) is 49.7 Å². The Balaban J connectivity index is 1.66. The van der Waals surface area contributed by atoms with E-state index in [-0.39, 0.29) is 11.5 Å². The average Bonchev–Trinajstić information content (AvgIpc) is 3.17. The lowest BCUT2D eigenvalue weighted by Gasteiger charge is -2.40. The topological polar surface area (TPSA) is 88.6 Å². The molecule has 2 atom stereocenters. The summed E-state index contributed by atoms with van der Waals surface area (Å²) in [5.74, 6) is 0. The minimum atomic E-state index is -3.98. The van der Waals surface area contributed by atoms with Crippen molar-refractivity contribution in [1.29, 1.82) is 0 Å². The smallest absolute Gasteiger partial charge is 0.297 e. The van der Waals surface area contributed by atoms with Crippen LogP contribution in [0.5, 0.6) is 0 Å². The molecule has 0 radical (unpaired) electrons. The maximum Gasteiger partial charge on any atom is 0.297 e. The fourth-order valence-electron chi connectivity index (χ4n) is 4.50. The third-order valence-corrected chi connectivity index (χ3v) is 7.59. The molecule has 0 unspecified atom stereocenters. The molecule has 0 saturated carbocycles. The number of hydrogen-bond acceptors (Lipinski definition) is 5. The highest BCUT2D eigenvalue weighted by Crippen LogP contribution is 2.42. The minimum absolute atomic E-state index is 0.0688. The molecule has 2 aromatic carbocycles. The van der Waals surface area contributed by atoms with Crippen molar-refractivity contribution in [2.45, 2.75) is 56.6 Å². The minimum Gasteiger partial charge on any atom is -0.387 e. The van der Waals surface area contributed by atoms with Crippen LogP contribution >= 0.6 is 0 Å². The largest absolute Gasteiger partial charge is 0.387 e. The van der Waals surface area contributed by atoms with Crippen LogP contribution < -0.4 is 0 Å². The fraction of sp³-hybridized carbons (Fsp3) is 0.417. The third-order valence-electron chi connectivity index (χ3n) is 6.30. The van der Waals surface area contributed by atoms with Gasteiger partial charge in [-0.05, 0) is 49.4 Å². The van der Waals surface area contributed by atoms with Crippen molar-refractivity contribution in [1.82, 2.24) is 4.98 Å². The number of fused-ring (bicyclic) bond motifs is 3. The summed E-state index contributed by atoms with van der Waals surface area (Å²) < 4.78 is 36.6. The number of rotatable bonds is 7. The molecule has 3 aromatic rings. The van der Waals surface area contributed by atoms with Gasteiger partial charge in [-0.2, -0.15) is 8.42 Å². The zero-order chi connectivity index (χ0) is 22.2. The standard InChI is InChI=1S/C24H29NO5S/c1-4-17-7-6-8-19-20-13-14-29-24(5-2,23(20)25-22(17)19)21(26)15-30-31(27,28)18-11-9-16(3)10-12-18/h6-12,21,25-26H,4-5,13-15H2,1-3H3/t21-,24+/m1/s1. The summed E-state index contributed by atoms with van der Waals surface area (Å²) in [5, 5.41) is 12.3. The highest BCUT2D eigenvalue weighted by molar-refractivity contribution is 7.86. The van der Waals surface area contributed by atoms with Crippen LogP contribution in [0, 0.1) is 6.92 Å². The molecule has 0 spiro atoms. The average molecular weight is 444 g/mol. The lowest BCUT2D eigenvalue weighted by atomic mass is 9.84. The summed E-state index contributed by atoms with van der Waals surface area (Å²) in [5.41, 5.74) is 4.10. The first-order valence-corrected chi connectivity index (χ1v) is 12.1. The molecule has 0 fully saturated rings. The highest BCUT2D eigenvalue weighted by Gasteiger charge is 2.45. The van der Waals surface area contributed by atoms with E-state index in [1.54, 1.807) is 12.1 Å². The van der Waals surface area contributed by atoms with Crippen molar-refractivity contribution in [3.05, 3.63) is 64.8 Å². The number of aryl methyl sites for hydroxylation is 2. The van der Waals surface area contributed by atoms with Gasteiger partial charge in [-0.3, -0.25) is 4.18 Å². The van der Waals surface area contributed by atoms with Crippen LogP contribution in [-0.4, -0.2) is 37.8 Å². The van der Waals surface area contributed by atoms with Gasteiger partial charge in [0.2, 0.25) is 0 Å². The number of para-hydroxylation sites is 1. The van der Waals surface area contributed by atoms with Crippen LogP contribution in [0.4, 0.5) is 0 Å². The number of benzene rings is 2. The molecule has 1 aromatic heterocycles. The van der Waals surface area contributed by atoms with Crippen LogP contribution in [0.15, 0.2) is 47.4 Å². The first-order valence-electron chi connectivity index (χ1n) is 10.7. The number of ether oxygens (including phenoxy) is 1. The monoisotopic (exact) mass is 443 g/mol. The number of H-pyrrole nitrogens is 1. The molecule has 0 saturated heterocycles. The molecule has 6 nitrogen and oxygen atoms in total.